The van der Waals surface area contributed by atoms with Gasteiger partial charge in [-0.1, -0.05) is 29.4 Å². The summed E-state index contributed by atoms with van der Waals surface area (Å²) >= 11 is 0. The van der Waals surface area contributed by atoms with Crippen LogP contribution in [-0.4, -0.2) is 41.7 Å². The lowest BCUT2D eigenvalue weighted by molar-refractivity contribution is -0.129. The van der Waals surface area contributed by atoms with Crippen molar-refractivity contribution in [1.29, 1.82) is 0 Å². The second kappa shape index (κ2) is 8.18. The minimum atomic E-state index is -0.106. The number of nitrogens with zero attached hydrogens (tertiary/aromatic N) is 3. The monoisotopic (exact) mass is 407 g/mol. The third-order valence-corrected chi connectivity index (χ3v) is 5.70. The largest absolute Gasteiger partial charge is 0.493 e. The Morgan fingerprint density at radius 2 is 1.90 bits per heavy atom. The predicted octanol–water partition coefficient (Wildman–Crippen LogP) is 4.14. The first-order valence-electron chi connectivity index (χ1n) is 9.92. The van der Waals surface area contributed by atoms with E-state index >= 15 is 0 Å². The van der Waals surface area contributed by atoms with E-state index in [0.717, 1.165) is 16.7 Å². The number of carbonyl (C=O) groups excluding carboxylic acids is 1. The lowest BCUT2D eigenvalue weighted by Crippen LogP contribution is -2.28. The van der Waals surface area contributed by atoms with E-state index in [0.29, 0.717) is 36.2 Å². The molecule has 2 unspecified atom stereocenters. The maximum absolute atomic E-state index is 12.8. The Morgan fingerprint density at radius 3 is 2.63 bits per heavy atom. The Hall–Kier alpha value is -3.35. The molecule has 156 valence electrons. The van der Waals surface area contributed by atoms with Crippen LogP contribution in [0.25, 0.3) is 11.5 Å². The number of aromatic nitrogens is 2. The van der Waals surface area contributed by atoms with Gasteiger partial charge < -0.3 is 18.9 Å². The molecule has 2 atom stereocenters. The molecular weight excluding hydrogens is 382 g/mol. The number of hydrogen-bond donors (Lipinski definition) is 0. The summed E-state index contributed by atoms with van der Waals surface area (Å²) in [6.45, 7) is 4.56. The highest BCUT2D eigenvalue weighted by Crippen LogP contribution is 2.36. The summed E-state index contributed by atoms with van der Waals surface area (Å²) in [5.74, 6) is 2.34. The van der Waals surface area contributed by atoms with Gasteiger partial charge in [-0.3, -0.25) is 4.79 Å². The molecule has 30 heavy (non-hydrogen) atoms. The van der Waals surface area contributed by atoms with E-state index in [1.54, 1.807) is 14.2 Å². The van der Waals surface area contributed by atoms with E-state index < -0.39 is 0 Å². The van der Waals surface area contributed by atoms with Gasteiger partial charge in [0.25, 0.3) is 5.89 Å². The second-order valence-electron chi connectivity index (χ2n) is 7.51. The number of rotatable bonds is 6. The molecule has 7 nitrogen and oxygen atoms in total. The number of aryl methyl sites for hydroxylation is 1. The first-order valence-corrected chi connectivity index (χ1v) is 9.92. The Balaban J connectivity index is 1.53. The molecule has 7 heteroatoms. The van der Waals surface area contributed by atoms with Gasteiger partial charge in [-0.05, 0) is 43.2 Å². The topological polar surface area (TPSA) is 77.7 Å². The highest BCUT2D eigenvalue weighted by atomic mass is 16.5. The van der Waals surface area contributed by atoms with E-state index in [1.165, 1.54) is 0 Å². The van der Waals surface area contributed by atoms with Crippen molar-refractivity contribution in [1.82, 2.24) is 15.0 Å². The lowest BCUT2D eigenvalue weighted by Gasteiger charge is -2.25. The molecular formula is C23H25N3O4. The average Bonchev–Trinajstić information content (AvgIpc) is 3.40. The van der Waals surface area contributed by atoms with Crippen molar-refractivity contribution in [2.75, 3.05) is 20.8 Å². The van der Waals surface area contributed by atoms with Gasteiger partial charge in [0.1, 0.15) is 0 Å². The van der Waals surface area contributed by atoms with E-state index in [9.17, 15) is 4.79 Å². The molecule has 1 amide bonds. The maximum Gasteiger partial charge on any atom is 0.258 e. The number of benzene rings is 2. The number of carbonyl (C=O) groups is 1. The molecule has 2 heterocycles. The van der Waals surface area contributed by atoms with Crippen molar-refractivity contribution < 1.29 is 18.8 Å². The van der Waals surface area contributed by atoms with Crippen LogP contribution in [0.1, 0.15) is 42.3 Å². The van der Waals surface area contributed by atoms with Gasteiger partial charge in [0.2, 0.25) is 5.91 Å². The first-order chi connectivity index (χ1) is 14.5. The van der Waals surface area contributed by atoms with Gasteiger partial charge in [0, 0.05) is 24.4 Å². The van der Waals surface area contributed by atoms with Crippen LogP contribution >= 0.6 is 0 Å². The van der Waals surface area contributed by atoms with E-state index in [4.69, 9.17) is 14.0 Å². The Kier molecular flexibility index (Phi) is 5.44. The summed E-state index contributed by atoms with van der Waals surface area (Å²) in [5.41, 5.74) is 2.96. The van der Waals surface area contributed by atoms with E-state index in [-0.39, 0.29) is 17.9 Å². The molecule has 1 fully saturated rings. The molecule has 2 aromatic carbocycles. The molecule has 1 aromatic heterocycles. The number of amides is 1. The van der Waals surface area contributed by atoms with Crippen molar-refractivity contribution in [3.05, 3.63) is 59.4 Å². The Labute approximate surface area is 175 Å². The van der Waals surface area contributed by atoms with Crippen LogP contribution < -0.4 is 9.47 Å². The molecule has 4 rings (SSSR count). The van der Waals surface area contributed by atoms with Gasteiger partial charge in [-0.25, -0.2) is 0 Å². The smallest absolute Gasteiger partial charge is 0.258 e. The van der Waals surface area contributed by atoms with Crippen LogP contribution in [0.2, 0.25) is 0 Å². The third-order valence-electron chi connectivity index (χ3n) is 5.70. The van der Waals surface area contributed by atoms with Crippen molar-refractivity contribution in [2.24, 2.45) is 0 Å². The molecule has 0 N–H and O–H groups in total. The number of hydrogen-bond acceptors (Lipinski definition) is 6. The molecule has 0 saturated carbocycles. The zero-order chi connectivity index (χ0) is 21.3. The fraction of sp³-hybridized carbons (Fsp3) is 0.348. The Morgan fingerprint density at radius 1 is 1.13 bits per heavy atom. The summed E-state index contributed by atoms with van der Waals surface area (Å²) in [7, 11) is 3.21. The minimum absolute atomic E-state index is 0.0736. The molecule has 0 spiro atoms. The van der Waals surface area contributed by atoms with Crippen LogP contribution in [-0.2, 0) is 4.79 Å². The lowest BCUT2D eigenvalue weighted by atomic mass is 10.1. The summed E-state index contributed by atoms with van der Waals surface area (Å²) in [4.78, 5) is 19.2. The minimum Gasteiger partial charge on any atom is -0.493 e. The van der Waals surface area contributed by atoms with Crippen LogP contribution in [0.4, 0.5) is 0 Å². The van der Waals surface area contributed by atoms with Crippen molar-refractivity contribution >= 4 is 5.91 Å². The third kappa shape index (κ3) is 3.63. The van der Waals surface area contributed by atoms with Gasteiger partial charge >= 0.3 is 0 Å². The van der Waals surface area contributed by atoms with Gasteiger partial charge in [-0.2, -0.15) is 4.98 Å². The number of likely N-dealkylation sites (tertiary alicyclic amines) is 1. The van der Waals surface area contributed by atoms with Crippen LogP contribution in [0.15, 0.2) is 47.0 Å². The number of methoxy groups -OCH3 is 2. The maximum atomic E-state index is 12.8. The molecule has 1 saturated heterocycles. The molecule has 0 bridgehead atoms. The molecule has 1 aliphatic heterocycles. The van der Waals surface area contributed by atoms with Gasteiger partial charge in [0.05, 0.1) is 20.3 Å². The molecule has 3 aromatic rings. The highest BCUT2D eigenvalue weighted by Gasteiger charge is 2.36. The standard InChI is InChI=1S/C23H25N3O4/c1-14-7-5-6-8-18(14)23-24-22(25-30-23)17-12-21(27)26(13-17)15(2)16-9-10-19(28-3)20(11-16)29-4/h5-11,15,17H,12-13H2,1-4H3. The summed E-state index contributed by atoms with van der Waals surface area (Å²) in [6.07, 6.45) is 0.365. The summed E-state index contributed by atoms with van der Waals surface area (Å²) in [5, 5.41) is 4.17. The zero-order valence-corrected chi connectivity index (χ0v) is 17.6. The van der Waals surface area contributed by atoms with Crippen LogP contribution in [0.3, 0.4) is 0 Å². The average molecular weight is 407 g/mol. The van der Waals surface area contributed by atoms with E-state index in [1.807, 2.05) is 61.2 Å². The second-order valence-corrected chi connectivity index (χ2v) is 7.51. The highest BCUT2D eigenvalue weighted by molar-refractivity contribution is 5.80. The SMILES string of the molecule is COc1ccc(C(C)N2CC(c3noc(-c4ccccc4C)n3)CC2=O)cc1OC. The van der Waals surface area contributed by atoms with Gasteiger partial charge in [-0.15, -0.1) is 0 Å². The summed E-state index contributed by atoms with van der Waals surface area (Å²) < 4.78 is 16.2. The van der Waals surface area contributed by atoms with Crippen LogP contribution in [0.5, 0.6) is 11.5 Å². The van der Waals surface area contributed by atoms with Crippen LogP contribution in [0, 0.1) is 6.92 Å². The predicted molar refractivity (Wildman–Crippen MR) is 112 cm³/mol. The van der Waals surface area contributed by atoms with E-state index in [2.05, 4.69) is 10.1 Å². The first kappa shape index (κ1) is 19.9. The molecule has 0 aliphatic carbocycles. The Bertz CT molecular complexity index is 1060. The van der Waals surface area contributed by atoms with Gasteiger partial charge in [0.15, 0.2) is 17.3 Å². The zero-order valence-electron chi connectivity index (χ0n) is 17.6. The fourth-order valence-electron chi connectivity index (χ4n) is 3.89. The number of ether oxygens (including phenoxy) is 2. The normalized spacial score (nSPS) is 17.3. The summed E-state index contributed by atoms with van der Waals surface area (Å²) in [6, 6.07) is 13.5. The quantitative estimate of drug-likeness (QED) is 0.611. The van der Waals surface area contributed by atoms with Crippen molar-refractivity contribution in [3.8, 4) is 23.0 Å². The molecule has 1 aliphatic rings. The van der Waals surface area contributed by atoms with Crippen molar-refractivity contribution in [2.45, 2.75) is 32.2 Å². The fourth-order valence-corrected chi connectivity index (χ4v) is 3.89. The molecule has 0 radical (unpaired) electrons. The van der Waals surface area contributed by atoms with Crippen molar-refractivity contribution in [3.63, 3.8) is 0 Å².